The highest BCUT2D eigenvalue weighted by atomic mass is 19.3. The molecular weight excluding hydrogens is 286 g/mol. The summed E-state index contributed by atoms with van der Waals surface area (Å²) in [5.74, 6) is -0.307. The first-order valence-electron chi connectivity index (χ1n) is 6.23. The van der Waals surface area contributed by atoms with E-state index in [4.69, 9.17) is 4.74 Å². The molecule has 6 nitrogen and oxygen atoms in total. The van der Waals surface area contributed by atoms with Crippen LogP contribution in [0.2, 0.25) is 0 Å². The molecule has 2 N–H and O–H groups in total. The summed E-state index contributed by atoms with van der Waals surface area (Å²) in [6.45, 7) is 2.00. The lowest BCUT2D eigenvalue weighted by molar-refractivity contribution is -0.0530. The van der Waals surface area contributed by atoms with Crippen LogP contribution in [0.5, 0.6) is 5.88 Å². The number of aromatic nitrogens is 1. The van der Waals surface area contributed by atoms with E-state index in [1.54, 1.807) is 20.8 Å². The molecule has 0 aliphatic heterocycles. The molecule has 0 bridgehead atoms. The largest absolute Gasteiger partial charge is 0.444 e. The van der Waals surface area contributed by atoms with Gasteiger partial charge in [-0.15, -0.1) is 0 Å². The molecule has 1 amide bonds. The van der Waals surface area contributed by atoms with Crippen LogP contribution in [0.4, 0.5) is 13.6 Å². The molecule has 0 aliphatic carbocycles. The van der Waals surface area contributed by atoms with E-state index in [0.29, 0.717) is 0 Å². The first-order valence-corrected chi connectivity index (χ1v) is 6.23. The molecule has 0 radical (unpaired) electrons. The SMILES string of the molecule is CC(C)(C)OC(=O)NC[C@H](O)c1ccnc(OC(F)F)c1. The van der Waals surface area contributed by atoms with E-state index in [1.807, 2.05) is 0 Å². The zero-order chi connectivity index (χ0) is 16.0. The Hall–Kier alpha value is -1.96. The third-order valence-corrected chi connectivity index (χ3v) is 2.19. The van der Waals surface area contributed by atoms with Gasteiger partial charge in [-0.2, -0.15) is 8.78 Å². The number of nitrogens with one attached hydrogen (secondary N) is 1. The zero-order valence-corrected chi connectivity index (χ0v) is 12.0. The van der Waals surface area contributed by atoms with Gasteiger partial charge < -0.3 is 19.9 Å². The van der Waals surface area contributed by atoms with Crippen LogP contribution in [0.25, 0.3) is 0 Å². The molecule has 21 heavy (non-hydrogen) atoms. The van der Waals surface area contributed by atoms with Crippen LogP contribution in [-0.2, 0) is 4.74 Å². The van der Waals surface area contributed by atoms with Gasteiger partial charge in [-0.3, -0.25) is 0 Å². The normalized spacial score (nSPS) is 12.9. The minimum Gasteiger partial charge on any atom is -0.444 e. The Labute approximate surface area is 121 Å². The topological polar surface area (TPSA) is 80.7 Å². The van der Waals surface area contributed by atoms with Crippen molar-refractivity contribution in [2.24, 2.45) is 0 Å². The number of amides is 1. The van der Waals surface area contributed by atoms with Gasteiger partial charge in [0.1, 0.15) is 5.60 Å². The highest BCUT2D eigenvalue weighted by Gasteiger charge is 2.17. The number of pyridine rings is 1. The minimum atomic E-state index is -3.00. The molecule has 118 valence electrons. The monoisotopic (exact) mass is 304 g/mol. The maximum absolute atomic E-state index is 12.1. The molecule has 0 aromatic carbocycles. The molecule has 0 unspecified atom stereocenters. The first-order chi connectivity index (χ1) is 9.67. The number of carbonyl (C=O) groups is 1. The van der Waals surface area contributed by atoms with Crippen molar-refractivity contribution < 1.29 is 28.2 Å². The van der Waals surface area contributed by atoms with Gasteiger partial charge in [0.25, 0.3) is 0 Å². The number of aliphatic hydroxyl groups excluding tert-OH is 1. The summed E-state index contributed by atoms with van der Waals surface area (Å²) in [6, 6.07) is 2.60. The summed E-state index contributed by atoms with van der Waals surface area (Å²) >= 11 is 0. The second kappa shape index (κ2) is 7.16. The number of alkyl carbamates (subject to hydrolysis) is 1. The van der Waals surface area contributed by atoms with Crippen LogP contribution in [-0.4, -0.2) is 34.9 Å². The van der Waals surface area contributed by atoms with Crippen LogP contribution >= 0.6 is 0 Å². The van der Waals surface area contributed by atoms with Gasteiger partial charge in [0.2, 0.25) is 5.88 Å². The highest BCUT2D eigenvalue weighted by Crippen LogP contribution is 2.18. The van der Waals surface area contributed by atoms with Gasteiger partial charge in [-0.1, -0.05) is 0 Å². The number of aliphatic hydroxyl groups is 1. The number of halogens is 2. The molecule has 1 atom stereocenters. The number of nitrogens with zero attached hydrogens (tertiary/aromatic N) is 1. The van der Waals surface area contributed by atoms with Gasteiger partial charge in [-0.05, 0) is 32.4 Å². The van der Waals surface area contributed by atoms with E-state index in [2.05, 4.69) is 15.0 Å². The molecule has 1 heterocycles. The lowest BCUT2D eigenvalue weighted by atomic mass is 10.1. The van der Waals surface area contributed by atoms with E-state index in [9.17, 15) is 18.7 Å². The summed E-state index contributed by atoms with van der Waals surface area (Å²) < 4.78 is 33.3. The number of carbonyl (C=O) groups excluding carboxylic acids is 1. The molecule has 0 saturated heterocycles. The lowest BCUT2D eigenvalue weighted by Crippen LogP contribution is -2.34. The molecule has 1 aromatic rings. The number of alkyl halides is 2. The van der Waals surface area contributed by atoms with Crippen LogP contribution in [0, 0.1) is 0 Å². The second-order valence-electron chi connectivity index (χ2n) is 5.20. The standard InChI is InChI=1S/C13H18F2N2O4/c1-13(2,3)21-12(19)17-7-9(18)8-4-5-16-10(6-8)20-11(14)15/h4-6,9,11,18H,7H2,1-3H3,(H,17,19)/t9-/m0/s1. The molecule has 1 aromatic heterocycles. The number of ether oxygens (including phenoxy) is 2. The Kier molecular flexibility index (Phi) is 5.83. The number of rotatable bonds is 5. The van der Waals surface area contributed by atoms with Gasteiger partial charge in [-0.25, -0.2) is 9.78 Å². The average Bonchev–Trinajstić information content (AvgIpc) is 2.33. The van der Waals surface area contributed by atoms with Crippen molar-refractivity contribution in [2.75, 3.05) is 6.54 Å². The fourth-order valence-electron chi connectivity index (χ4n) is 1.40. The Morgan fingerprint density at radius 1 is 1.48 bits per heavy atom. The van der Waals surface area contributed by atoms with Gasteiger partial charge in [0, 0.05) is 12.3 Å². The van der Waals surface area contributed by atoms with E-state index >= 15 is 0 Å². The highest BCUT2D eigenvalue weighted by molar-refractivity contribution is 5.67. The lowest BCUT2D eigenvalue weighted by Gasteiger charge is -2.20. The zero-order valence-electron chi connectivity index (χ0n) is 12.0. The summed E-state index contributed by atoms with van der Waals surface area (Å²) in [7, 11) is 0. The number of hydrogen-bond donors (Lipinski definition) is 2. The third kappa shape index (κ3) is 6.84. The maximum Gasteiger partial charge on any atom is 0.407 e. The molecule has 0 fully saturated rings. The Balaban J connectivity index is 2.55. The molecule has 0 saturated carbocycles. The van der Waals surface area contributed by atoms with E-state index in [0.717, 1.165) is 0 Å². The van der Waals surface area contributed by atoms with Crippen LogP contribution in [0.3, 0.4) is 0 Å². The van der Waals surface area contributed by atoms with E-state index in [-0.39, 0.29) is 18.0 Å². The average molecular weight is 304 g/mol. The summed E-state index contributed by atoms with van der Waals surface area (Å²) in [6.07, 6.45) is -0.552. The fraction of sp³-hybridized carbons (Fsp3) is 0.538. The predicted octanol–water partition coefficient (Wildman–Crippen LogP) is 2.24. The summed E-state index contributed by atoms with van der Waals surface area (Å²) in [5.41, 5.74) is -0.360. The smallest absolute Gasteiger partial charge is 0.407 e. The van der Waals surface area contributed by atoms with Crippen molar-refractivity contribution in [1.82, 2.24) is 10.3 Å². The second-order valence-corrected chi connectivity index (χ2v) is 5.20. The van der Waals surface area contributed by atoms with Crippen molar-refractivity contribution in [1.29, 1.82) is 0 Å². The quantitative estimate of drug-likeness (QED) is 0.872. The van der Waals surface area contributed by atoms with E-state index < -0.39 is 24.4 Å². The predicted molar refractivity (Wildman–Crippen MR) is 70.1 cm³/mol. The van der Waals surface area contributed by atoms with Crippen molar-refractivity contribution >= 4 is 6.09 Å². The number of hydrogen-bond acceptors (Lipinski definition) is 5. The Morgan fingerprint density at radius 3 is 2.71 bits per heavy atom. The molecule has 1 rings (SSSR count). The summed E-state index contributed by atoms with van der Waals surface area (Å²) in [5, 5.41) is 12.3. The maximum atomic E-state index is 12.1. The van der Waals surface area contributed by atoms with Gasteiger partial charge in [0.15, 0.2) is 0 Å². The molecule has 0 aliphatic rings. The van der Waals surface area contributed by atoms with Crippen molar-refractivity contribution in [3.63, 3.8) is 0 Å². The summed E-state index contributed by atoms with van der Waals surface area (Å²) in [4.78, 5) is 15.0. The molecule has 8 heteroatoms. The fourth-order valence-corrected chi connectivity index (χ4v) is 1.40. The van der Waals surface area contributed by atoms with Crippen LogP contribution in [0.1, 0.15) is 32.4 Å². The third-order valence-electron chi connectivity index (χ3n) is 2.19. The van der Waals surface area contributed by atoms with Gasteiger partial charge in [0.05, 0.1) is 12.6 Å². The van der Waals surface area contributed by atoms with Crippen LogP contribution in [0.15, 0.2) is 18.3 Å². The first kappa shape index (κ1) is 17.1. The van der Waals surface area contributed by atoms with Crippen molar-refractivity contribution in [3.05, 3.63) is 23.9 Å². The minimum absolute atomic E-state index is 0.132. The van der Waals surface area contributed by atoms with Crippen molar-refractivity contribution in [2.45, 2.75) is 39.1 Å². The Bertz CT molecular complexity index is 477. The van der Waals surface area contributed by atoms with Gasteiger partial charge >= 0.3 is 12.7 Å². The van der Waals surface area contributed by atoms with Crippen molar-refractivity contribution in [3.8, 4) is 5.88 Å². The molecule has 0 spiro atoms. The molecular formula is C13H18F2N2O4. The van der Waals surface area contributed by atoms with Crippen LogP contribution < -0.4 is 10.1 Å². The Morgan fingerprint density at radius 2 is 2.14 bits per heavy atom. The van der Waals surface area contributed by atoms with E-state index in [1.165, 1.54) is 18.3 Å².